The number of aromatic amines is 1. The van der Waals surface area contributed by atoms with Crippen molar-refractivity contribution in [1.82, 2.24) is 9.97 Å². The molecule has 1 amide bonds. The van der Waals surface area contributed by atoms with Crippen LogP contribution in [0, 0.1) is 0 Å². The van der Waals surface area contributed by atoms with E-state index in [0.717, 1.165) is 42.8 Å². The van der Waals surface area contributed by atoms with E-state index in [1.54, 1.807) is 6.33 Å². The molecule has 5 nitrogen and oxygen atoms in total. The van der Waals surface area contributed by atoms with Crippen LogP contribution in [-0.2, 0) is 6.42 Å². The fourth-order valence-electron chi connectivity index (χ4n) is 3.93. The lowest BCUT2D eigenvalue weighted by molar-refractivity contribution is 0.0986. The Bertz CT molecular complexity index is 945. The fourth-order valence-corrected chi connectivity index (χ4v) is 3.93. The monoisotopic (exact) mass is 318 g/mol. The maximum Gasteiger partial charge on any atom is 0.258 e. The predicted molar refractivity (Wildman–Crippen MR) is 94.7 cm³/mol. The molecule has 0 radical (unpaired) electrons. The number of nitrogens with zero attached hydrogens (tertiary/aromatic N) is 3. The third-order valence-electron chi connectivity index (χ3n) is 5.09. The number of hydrogen-bond acceptors (Lipinski definition) is 3. The Kier molecular flexibility index (Phi) is 2.89. The summed E-state index contributed by atoms with van der Waals surface area (Å²) in [6.45, 7) is 2.73. The molecular weight excluding hydrogens is 300 g/mol. The van der Waals surface area contributed by atoms with Gasteiger partial charge in [0.1, 0.15) is 0 Å². The van der Waals surface area contributed by atoms with Crippen molar-refractivity contribution in [3.63, 3.8) is 0 Å². The smallest absolute Gasteiger partial charge is 0.258 e. The number of para-hydroxylation sites is 1. The van der Waals surface area contributed by atoms with Gasteiger partial charge in [-0.1, -0.05) is 12.1 Å². The third-order valence-corrected chi connectivity index (χ3v) is 5.09. The number of amides is 1. The lowest BCUT2D eigenvalue weighted by Gasteiger charge is -2.41. The van der Waals surface area contributed by atoms with Gasteiger partial charge in [0.15, 0.2) is 0 Å². The first-order valence-electron chi connectivity index (χ1n) is 8.43. The van der Waals surface area contributed by atoms with Gasteiger partial charge in [0, 0.05) is 25.2 Å². The first kappa shape index (κ1) is 13.6. The Morgan fingerprint density at radius 3 is 3.04 bits per heavy atom. The normalized spacial score (nSPS) is 16.3. The zero-order chi connectivity index (χ0) is 16.1. The Morgan fingerprint density at radius 1 is 1.12 bits per heavy atom. The van der Waals surface area contributed by atoms with Gasteiger partial charge in [-0.15, -0.1) is 0 Å². The highest BCUT2D eigenvalue weighted by molar-refractivity contribution is 6.09. The molecule has 1 aromatic heterocycles. The van der Waals surface area contributed by atoms with E-state index in [-0.39, 0.29) is 5.91 Å². The van der Waals surface area contributed by atoms with E-state index in [9.17, 15) is 4.79 Å². The van der Waals surface area contributed by atoms with Crippen molar-refractivity contribution in [1.29, 1.82) is 0 Å². The van der Waals surface area contributed by atoms with E-state index in [1.165, 1.54) is 17.7 Å². The van der Waals surface area contributed by atoms with E-state index in [1.807, 2.05) is 23.1 Å². The van der Waals surface area contributed by atoms with Gasteiger partial charge in [-0.2, -0.15) is 0 Å². The molecule has 24 heavy (non-hydrogen) atoms. The van der Waals surface area contributed by atoms with Gasteiger partial charge in [-0.25, -0.2) is 4.98 Å². The van der Waals surface area contributed by atoms with E-state index >= 15 is 0 Å². The van der Waals surface area contributed by atoms with E-state index in [2.05, 4.69) is 33.1 Å². The van der Waals surface area contributed by atoms with Crippen LogP contribution in [-0.4, -0.2) is 35.5 Å². The van der Waals surface area contributed by atoms with Gasteiger partial charge in [-0.05, 0) is 42.7 Å². The average molecular weight is 318 g/mol. The molecule has 0 aliphatic carbocycles. The van der Waals surface area contributed by atoms with E-state index in [0.29, 0.717) is 5.56 Å². The molecule has 5 heteroatoms. The van der Waals surface area contributed by atoms with Crippen LogP contribution in [0.1, 0.15) is 22.3 Å². The summed E-state index contributed by atoms with van der Waals surface area (Å²) in [5.41, 5.74) is 6.15. The van der Waals surface area contributed by atoms with Crippen molar-refractivity contribution in [3.8, 4) is 0 Å². The zero-order valence-electron chi connectivity index (χ0n) is 13.3. The summed E-state index contributed by atoms with van der Waals surface area (Å²) in [7, 11) is 0. The standard InChI is InChI=1S/C19H18N4O/c24-19(14-6-7-15-16(11-14)21-12-20-15)23-10-9-22-8-2-4-13-3-1-5-17(23)18(13)22/h1,3,5-7,11-12H,2,4,8-10H2,(H,20,21). The van der Waals surface area contributed by atoms with Crippen molar-refractivity contribution in [3.05, 3.63) is 53.9 Å². The number of carbonyl (C=O) groups is 1. The Morgan fingerprint density at radius 2 is 2.08 bits per heavy atom. The van der Waals surface area contributed by atoms with E-state index in [4.69, 9.17) is 0 Å². The van der Waals surface area contributed by atoms with Crippen LogP contribution in [0.25, 0.3) is 11.0 Å². The number of H-pyrrole nitrogens is 1. The second-order valence-corrected chi connectivity index (χ2v) is 6.47. The molecule has 5 rings (SSSR count). The van der Waals surface area contributed by atoms with Crippen molar-refractivity contribution < 1.29 is 4.79 Å². The number of nitrogens with one attached hydrogen (secondary N) is 1. The second kappa shape index (κ2) is 5.09. The Labute approximate surface area is 139 Å². The number of anilines is 2. The lowest BCUT2D eigenvalue weighted by Crippen LogP contribution is -2.46. The summed E-state index contributed by atoms with van der Waals surface area (Å²) in [6.07, 6.45) is 3.95. The van der Waals surface area contributed by atoms with Gasteiger partial charge in [0.25, 0.3) is 5.91 Å². The SMILES string of the molecule is O=C(c1ccc2nc[nH]c2c1)N1CCN2CCCc3cccc1c32. The summed E-state index contributed by atoms with van der Waals surface area (Å²) in [6, 6.07) is 12.0. The number of benzene rings is 2. The number of imidazole rings is 1. The second-order valence-electron chi connectivity index (χ2n) is 6.47. The summed E-state index contributed by atoms with van der Waals surface area (Å²) in [5.74, 6) is 0.0603. The number of aryl methyl sites for hydroxylation is 1. The third kappa shape index (κ3) is 1.94. The minimum absolute atomic E-state index is 0.0603. The average Bonchev–Trinajstić information content (AvgIpc) is 3.10. The maximum absolute atomic E-state index is 13.1. The molecule has 0 bridgehead atoms. The van der Waals surface area contributed by atoms with Crippen molar-refractivity contribution in [2.45, 2.75) is 12.8 Å². The Balaban J connectivity index is 1.58. The van der Waals surface area contributed by atoms with Crippen molar-refractivity contribution >= 4 is 28.3 Å². The number of aromatic nitrogens is 2. The molecule has 3 aromatic rings. The number of rotatable bonds is 1. The molecule has 1 N–H and O–H groups in total. The van der Waals surface area contributed by atoms with Gasteiger partial charge in [-0.3, -0.25) is 4.79 Å². The van der Waals surface area contributed by atoms with Crippen LogP contribution in [0.2, 0.25) is 0 Å². The molecule has 2 aromatic carbocycles. The van der Waals surface area contributed by atoms with Gasteiger partial charge in [0.05, 0.1) is 28.7 Å². The summed E-state index contributed by atoms with van der Waals surface area (Å²) in [4.78, 5) is 24.8. The first-order chi connectivity index (χ1) is 11.8. The number of hydrogen-bond donors (Lipinski definition) is 1. The minimum atomic E-state index is 0.0603. The molecule has 0 unspecified atom stereocenters. The molecule has 0 spiro atoms. The number of fused-ring (bicyclic) bond motifs is 1. The predicted octanol–water partition coefficient (Wildman–Crippen LogP) is 2.98. The summed E-state index contributed by atoms with van der Waals surface area (Å²) < 4.78 is 0. The van der Waals surface area contributed by atoms with Gasteiger partial charge >= 0.3 is 0 Å². The first-order valence-corrected chi connectivity index (χ1v) is 8.43. The lowest BCUT2D eigenvalue weighted by atomic mass is 9.97. The molecular formula is C19H18N4O. The number of carbonyl (C=O) groups excluding carboxylic acids is 1. The van der Waals surface area contributed by atoms with Gasteiger partial charge in [0.2, 0.25) is 0 Å². The summed E-state index contributed by atoms with van der Waals surface area (Å²) >= 11 is 0. The molecule has 2 aliphatic heterocycles. The van der Waals surface area contributed by atoms with Crippen molar-refractivity contribution in [2.24, 2.45) is 0 Å². The highest BCUT2D eigenvalue weighted by Gasteiger charge is 2.30. The van der Waals surface area contributed by atoms with Crippen LogP contribution >= 0.6 is 0 Å². The van der Waals surface area contributed by atoms with Crippen LogP contribution in [0.5, 0.6) is 0 Å². The van der Waals surface area contributed by atoms with Crippen molar-refractivity contribution in [2.75, 3.05) is 29.4 Å². The quantitative estimate of drug-likeness (QED) is 0.750. The highest BCUT2D eigenvalue weighted by atomic mass is 16.2. The molecule has 0 saturated carbocycles. The van der Waals surface area contributed by atoms with Crippen LogP contribution in [0.3, 0.4) is 0 Å². The topological polar surface area (TPSA) is 52.2 Å². The molecule has 120 valence electrons. The molecule has 3 heterocycles. The molecule has 2 aliphatic rings. The fraction of sp³-hybridized carbons (Fsp3) is 0.263. The largest absolute Gasteiger partial charge is 0.368 e. The molecule has 0 fully saturated rings. The summed E-state index contributed by atoms with van der Waals surface area (Å²) in [5, 5.41) is 0. The zero-order valence-corrected chi connectivity index (χ0v) is 13.3. The van der Waals surface area contributed by atoms with Crippen LogP contribution < -0.4 is 9.80 Å². The van der Waals surface area contributed by atoms with Crippen LogP contribution in [0.15, 0.2) is 42.7 Å². The molecule has 0 saturated heterocycles. The van der Waals surface area contributed by atoms with Crippen LogP contribution in [0.4, 0.5) is 11.4 Å². The Hall–Kier alpha value is -2.82. The van der Waals surface area contributed by atoms with E-state index < -0.39 is 0 Å². The minimum Gasteiger partial charge on any atom is -0.368 e. The maximum atomic E-state index is 13.1. The highest BCUT2D eigenvalue weighted by Crippen LogP contribution is 2.39. The van der Waals surface area contributed by atoms with Gasteiger partial charge < -0.3 is 14.8 Å². The molecule has 0 atom stereocenters.